The molecular weight excluding hydrogens is 186 g/mol. The van der Waals surface area contributed by atoms with E-state index in [2.05, 4.69) is 29.0 Å². The first-order chi connectivity index (χ1) is 7.31. The van der Waals surface area contributed by atoms with Crippen LogP contribution in [0.25, 0.3) is 0 Å². The summed E-state index contributed by atoms with van der Waals surface area (Å²) in [6.07, 6.45) is 2.63. The number of hydrogen-bond acceptors (Lipinski definition) is 3. The lowest BCUT2D eigenvalue weighted by Crippen LogP contribution is -2.57. The van der Waals surface area contributed by atoms with Gasteiger partial charge in [-0.05, 0) is 32.9 Å². The second-order valence-corrected chi connectivity index (χ2v) is 4.99. The van der Waals surface area contributed by atoms with Gasteiger partial charge in [0.2, 0.25) is 0 Å². The van der Waals surface area contributed by atoms with Crippen molar-refractivity contribution in [1.82, 2.24) is 15.1 Å². The third-order valence-corrected chi connectivity index (χ3v) is 4.06. The second kappa shape index (κ2) is 5.28. The predicted octanol–water partition coefficient (Wildman–Crippen LogP) is 0.764. The molecule has 0 radical (unpaired) electrons. The molecule has 2 aliphatic rings. The van der Waals surface area contributed by atoms with Crippen LogP contribution in [0.3, 0.4) is 0 Å². The summed E-state index contributed by atoms with van der Waals surface area (Å²) in [5.41, 5.74) is 0. The maximum atomic E-state index is 3.37. The Hall–Kier alpha value is -0.120. The van der Waals surface area contributed by atoms with Gasteiger partial charge in [0.1, 0.15) is 0 Å². The molecule has 1 atom stereocenters. The van der Waals surface area contributed by atoms with Gasteiger partial charge >= 0.3 is 0 Å². The third-order valence-electron chi connectivity index (χ3n) is 4.06. The van der Waals surface area contributed by atoms with E-state index in [1.807, 2.05) is 0 Å². The van der Waals surface area contributed by atoms with Crippen LogP contribution in [-0.2, 0) is 0 Å². The molecule has 88 valence electrons. The average Bonchev–Trinajstić information content (AvgIpc) is 2.40. The van der Waals surface area contributed by atoms with Crippen molar-refractivity contribution in [3.8, 4) is 0 Å². The number of rotatable bonds is 3. The molecule has 15 heavy (non-hydrogen) atoms. The van der Waals surface area contributed by atoms with E-state index in [9.17, 15) is 0 Å². The summed E-state index contributed by atoms with van der Waals surface area (Å²) < 4.78 is 0. The Labute approximate surface area is 93.8 Å². The monoisotopic (exact) mass is 211 g/mol. The van der Waals surface area contributed by atoms with Crippen molar-refractivity contribution in [3.05, 3.63) is 0 Å². The lowest BCUT2D eigenvalue weighted by atomic mass is 10.1. The zero-order valence-corrected chi connectivity index (χ0v) is 10.2. The van der Waals surface area contributed by atoms with Crippen molar-refractivity contribution in [2.45, 2.75) is 38.8 Å². The Morgan fingerprint density at radius 1 is 1.20 bits per heavy atom. The average molecular weight is 211 g/mol. The summed E-state index contributed by atoms with van der Waals surface area (Å²) in [7, 11) is 0. The zero-order valence-electron chi connectivity index (χ0n) is 10.2. The molecule has 0 aliphatic carbocycles. The summed E-state index contributed by atoms with van der Waals surface area (Å²) in [4.78, 5) is 5.34. The van der Waals surface area contributed by atoms with Gasteiger partial charge in [-0.3, -0.25) is 9.80 Å². The summed E-state index contributed by atoms with van der Waals surface area (Å²) in [5, 5.41) is 3.37. The quantitative estimate of drug-likeness (QED) is 0.744. The number of nitrogens with zero attached hydrogens (tertiary/aromatic N) is 2. The van der Waals surface area contributed by atoms with Crippen LogP contribution in [0.5, 0.6) is 0 Å². The molecule has 1 unspecified atom stereocenters. The fourth-order valence-electron chi connectivity index (χ4n) is 2.55. The third kappa shape index (κ3) is 2.71. The molecule has 0 saturated carbocycles. The maximum absolute atomic E-state index is 3.37. The topological polar surface area (TPSA) is 18.5 Å². The van der Waals surface area contributed by atoms with Crippen LogP contribution in [0.1, 0.15) is 26.7 Å². The van der Waals surface area contributed by atoms with Gasteiger partial charge in [0.25, 0.3) is 0 Å². The maximum Gasteiger partial charge on any atom is 0.0345 e. The molecule has 2 fully saturated rings. The van der Waals surface area contributed by atoms with Gasteiger partial charge in [0, 0.05) is 38.3 Å². The molecule has 1 N–H and O–H groups in total. The molecular formula is C12H25N3. The first-order valence-electron chi connectivity index (χ1n) is 6.50. The van der Waals surface area contributed by atoms with Gasteiger partial charge < -0.3 is 5.32 Å². The lowest BCUT2D eigenvalue weighted by molar-refractivity contribution is 0.143. The van der Waals surface area contributed by atoms with Gasteiger partial charge in [-0.1, -0.05) is 6.92 Å². The SMILES string of the molecule is CCC(C)N1CCCN(C2CNC2)CC1. The molecule has 0 aromatic rings. The van der Waals surface area contributed by atoms with Crippen LogP contribution in [0.4, 0.5) is 0 Å². The van der Waals surface area contributed by atoms with Crippen molar-refractivity contribution in [2.75, 3.05) is 39.3 Å². The smallest absolute Gasteiger partial charge is 0.0345 e. The van der Waals surface area contributed by atoms with Crippen LogP contribution in [0.2, 0.25) is 0 Å². The molecule has 0 amide bonds. The van der Waals surface area contributed by atoms with E-state index < -0.39 is 0 Å². The van der Waals surface area contributed by atoms with Gasteiger partial charge in [0.15, 0.2) is 0 Å². The second-order valence-electron chi connectivity index (χ2n) is 4.99. The Morgan fingerprint density at radius 2 is 2.00 bits per heavy atom. The minimum atomic E-state index is 0.768. The van der Waals surface area contributed by atoms with Crippen molar-refractivity contribution in [3.63, 3.8) is 0 Å². The Balaban J connectivity index is 1.80. The fourth-order valence-corrected chi connectivity index (χ4v) is 2.55. The predicted molar refractivity (Wildman–Crippen MR) is 64.2 cm³/mol. The summed E-state index contributed by atoms with van der Waals surface area (Å²) in [6.45, 7) is 12.2. The van der Waals surface area contributed by atoms with E-state index in [0.29, 0.717) is 0 Å². The van der Waals surface area contributed by atoms with Gasteiger partial charge in [0.05, 0.1) is 0 Å². The molecule has 2 aliphatic heterocycles. The Bertz CT molecular complexity index is 179. The van der Waals surface area contributed by atoms with E-state index in [4.69, 9.17) is 0 Å². The van der Waals surface area contributed by atoms with Crippen LogP contribution >= 0.6 is 0 Å². The molecule has 0 aromatic carbocycles. The summed E-state index contributed by atoms with van der Waals surface area (Å²) >= 11 is 0. The van der Waals surface area contributed by atoms with E-state index >= 15 is 0 Å². The first kappa shape index (κ1) is 11.4. The standard InChI is InChI=1S/C12H25N3/c1-3-11(2)14-5-4-6-15(8-7-14)12-9-13-10-12/h11-13H,3-10H2,1-2H3. The van der Waals surface area contributed by atoms with Crippen molar-refractivity contribution in [1.29, 1.82) is 0 Å². The molecule has 0 bridgehead atoms. The van der Waals surface area contributed by atoms with Crippen LogP contribution in [-0.4, -0.2) is 61.2 Å². The highest BCUT2D eigenvalue weighted by atomic mass is 15.3. The van der Waals surface area contributed by atoms with Crippen LogP contribution in [0, 0.1) is 0 Å². The summed E-state index contributed by atoms with van der Waals surface area (Å²) in [6, 6.07) is 1.60. The van der Waals surface area contributed by atoms with Gasteiger partial charge in [-0.2, -0.15) is 0 Å². The van der Waals surface area contributed by atoms with E-state index in [1.165, 1.54) is 52.1 Å². The minimum absolute atomic E-state index is 0.768. The Morgan fingerprint density at radius 3 is 2.60 bits per heavy atom. The zero-order chi connectivity index (χ0) is 10.7. The minimum Gasteiger partial charge on any atom is -0.314 e. The van der Waals surface area contributed by atoms with E-state index in [0.717, 1.165) is 12.1 Å². The number of hydrogen-bond donors (Lipinski definition) is 1. The fraction of sp³-hybridized carbons (Fsp3) is 1.00. The molecule has 3 nitrogen and oxygen atoms in total. The first-order valence-corrected chi connectivity index (χ1v) is 6.50. The van der Waals surface area contributed by atoms with Crippen molar-refractivity contribution in [2.24, 2.45) is 0 Å². The lowest BCUT2D eigenvalue weighted by Gasteiger charge is -2.37. The largest absolute Gasteiger partial charge is 0.314 e. The molecule has 0 spiro atoms. The molecule has 0 aromatic heterocycles. The highest BCUT2D eigenvalue weighted by molar-refractivity contribution is 4.86. The van der Waals surface area contributed by atoms with Crippen LogP contribution in [0.15, 0.2) is 0 Å². The van der Waals surface area contributed by atoms with Gasteiger partial charge in [-0.15, -0.1) is 0 Å². The van der Waals surface area contributed by atoms with E-state index in [-0.39, 0.29) is 0 Å². The van der Waals surface area contributed by atoms with Crippen LogP contribution < -0.4 is 5.32 Å². The molecule has 2 saturated heterocycles. The molecule has 2 rings (SSSR count). The van der Waals surface area contributed by atoms with Gasteiger partial charge in [-0.25, -0.2) is 0 Å². The van der Waals surface area contributed by atoms with E-state index in [1.54, 1.807) is 0 Å². The highest BCUT2D eigenvalue weighted by Crippen LogP contribution is 2.13. The Kier molecular flexibility index (Phi) is 4.00. The normalized spacial score (nSPS) is 28.4. The summed E-state index contributed by atoms with van der Waals surface area (Å²) in [5.74, 6) is 0. The molecule has 2 heterocycles. The number of nitrogens with one attached hydrogen (secondary N) is 1. The van der Waals surface area contributed by atoms with Crippen molar-refractivity contribution < 1.29 is 0 Å². The van der Waals surface area contributed by atoms with Crippen molar-refractivity contribution >= 4 is 0 Å². The molecule has 3 heteroatoms. The highest BCUT2D eigenvalue weighted by Gasteiger charge is 2.26.